The van der Waals surface area contributed by atoms with Gasteiger partial charge >= 0.3 is 6.18 Å². The first-order chi connectivity index (χ1) is 12.7. The Hall–Kier alpha value is -2.83. The fraction of sp³-hybridized carbons (Fsp3) is 0.300. The summed E-state index contributed by atoms with van der Waals surface area (Å²) in [6.45, 7) is 3.62. The third-order valence-corrected chi connectivity index (χ3v) is 4.65. The quantitative estimate of drug-likeness (QED) is 0.798. The fourth-order valence-corrected chi connectivity index (χ4v) is 3.17. The van der Waals surface area contributed by atoms with E-state index in [1.807, 2.05) is 31.2 Å². The van der Waals surface area contributed by atoms with Gasteiger partial charge < -0.3 is 9.80 Å². The van der Waals surface area contributed by atoms with Crippen molar-refractivity contribution < 1.29 is 22.8 Å². The molecule has 4 nitrogen and oxygen atoms in total. The van der Waals surface area contributed by atoms with E-state index in [9.17, 15) is 22.8 Å². The van der Waals surface area contributed by atoms with E-state index in [0.29, 0.717) is 5.69 Å². The van der Waals surface area contributed by atoms with E-state index in [4.69, 9.17) is 0 Å². The monoisotopic (exact) mass is 376 g/mol. The Kier molecular flexibility index (Phi) is 4.95. The van der Waals surface area contributed by atoms with Gasteiger partial charge in [0, 0.05) is 18.3 Å². The van der Waals surface area contributed by atoms with E-state index in [1.54, 1.807) is 11.8 Å². The molecule has 0 bridgehead atoms. The average Bonchev–Trinajstić information content (AvgIpc) is 2.63. The molecular weight excluding hydrogens is 357 g/mol. The van der Waals surface area contributed by atoms with Crippen molar-refractivity contribution in [2.45, 2.75) is 26.1 Å². The Labute approximate surface area is 155 Å². The summed E-state index contributed by atoms with van der Waals surface area (Å²) in [5, 5.41) is 0. The molecule has 0 N–H and O–H groups in total. The molecule has 1 fully saturated rings. The van der Waals surface area contributed by atoms with Crippen LogP contribution in [0.2, 0.25) is 0 Å². The van der Waals surface area contributed by atoms with Crippen molar-refractivity contribution >= 4 is 17.5 Å². The number of hydrogen-bond donors (Lipinski definition) is 0. The van der Waals surface area contributed by atoms with Gasteiger partial charge in [0.05, 0.1) is 11.1 Å². The van der Waals surface area contributed by atoms with Crippen molar-refractivity contribution in [3.63, 3.8) is 0 Å². The molecule has 1 heterocycles. The van der Waals surface area contributed by atoms with Crippen molar-refractivity contribution in [1.29, 1.82) is 0 Å². The van der Waals surface area contributed by atoms with Gasteiger partial charge in [-0.25, -0.2) is 0 Å². The molecule has 0 unspecified atom stereocenters. The van der Waals surface area contributed by atoms with E-state index in [1.165, 1.54) is 17.0 Å². The van der Waals surface area contributed by atoms with Crippen molar-refractivity contribution in [3.05, 3.63) is 65.2 Å². The number of piperazine rings is 1. The van der Waals surface area contributed by atoms with E-state index in [-0.39, 0.29) is 19.0 Å². The SMILES string of the molecule is Cc1ccc(N2C[C@H](C)N(C(=O)c3ccccc3C(F)(F)F)CC2=O)cc1. The molecule has 0 aromatic heterocycles. The molecule has 2 aromatic rings. The van der Waals surface area contributed by atoms with Gasteiger partial charge in [-0.2, -0.15) is 13.2 Å². The lowest BCUT2D eigenvalue weighted by Crippen LogP contribution is -2.57. The van der Waals surface area contributed by atoms with Crippen molar-refractivity contribution in [2.24, 2.45) is 0 Å². The van der Waals surface area contributed by atoms with Crippen LogP contribution in [0.25, 0.3) is 0 Å². The molecule has 3 rings (SSSR count). The lowest BCUT2D eigenvalue weighted by Gasteiger charge is -2.39. The van der Waals surface area contributed by atoms with Crippen LogP contribution >= 0.6 is 0 Å². The number of rotatable bonds is 2. The van der Waals surface area contributed by atoms with Crippen LogP contribution < -0.4 is 4.90 Å². The highest BCUT2D eigenvalue weighted by Crippen LogP contribution is 2.33. The zero-order valence-electron chi connectivity index (χ0n) is 15.0. The summed E-state index contributed by atoms with van der Waals surface area (Å²) >= 11 is 0. The van der Waals surface area contributed by atoms with E-state index >= 15 is 0 Å². The first-order valence-corrected chi connectivity index (χ1v) is 8.52. The molecule has 27 heavy (non-hydrogen) atoms. The summed E-state index contributed by atoms with van der Waals surface area (Å²) in [7, 11) is 0. The average molecular weight is 376 g/mol. The number of anilines is 1. The van der Waals surface area contributed by atoms with E-state index < -0.39 is 29.3 Å². The number of hydrogen-bond acceptors (Lipinski definition) is 2. The number of carbonyl (C=O) groups is 2. The Balaban J connectivity index is 1.85. The molecule has 2 amide bonds. The Morgan fingerprint density at radius 1 is 1.07 bits per heavy atom. The number of amides is 2. The third kappa shape index (κ3) is 3.82. The number of alkyl halides is 3. The molecule has 142 valence electrons. The Morgan fingerprint density at radius 3 is 2.33 bits per heavy atom. The van der Waals surface area contributed by atoms with Gasteiger partial charge in [-0.3, -0.25) is 9.59 Å². The summed E-state index contributed by atoms with van der Waals surface area (Å²) in [5.74, 6) is -1.11. The smallest absolute Gasteiger partial charge is 0.325 e. The number of aryl methyl sites for hydroxylation is 1. The second-order valence-corrected chi connectivity index (χ2v) is 6.67. The maximum Gasteiger partial charge on any atom is 0.417 e. The highest BCUT2D eigenvalue weighted by Gasteiger charge is 2.39. The maximum absolute atomic E-state index is 13.2. The van der Waals surface area contributed by atoms with Crippen LogP contribution in [0, 0.1) is 6.92 Å². The number of halogens is 3. The number of carbonyl (C=O) groups excluding carboxylic acids is 2. The van der Waals surface area contributed by atoms with E-state index in [0.717, 1.165) is 17.7 Å². The predicted molar refractivity (Wildman–Crippen MR) is 95.5 cm³/mol. The summed E-state index contributed by atoms with van der Waals surface area (Å²) < 4.78 is 39.7. The minimum Gasteiger partial charge on any atom is -0.325 e. The molecule has 1 atom stereocenters. The molecule has 2 aromatic carbocycles. The van der Waals surface area contributed by atoms with Crippen LogP contribution in [-0.2, 0) is 11.0 Å². The standard InChI is InChI=1S/C20H19F3N2O2/c1-13-7-9-15(10-8-13)25-11-14(2)24(12-18(25)26)19(27)16-5-3-4-6-17(16)20(21,22)23/h3-10,14H,11-12H2,1-2H3/t14-/m0/s1. The molecule has 1 aliphatic heterocycles. The summed E-state index contributed by atoms with van der Waals surface area (Å²) in [5.41, 5.74) is 0.334. The van der Waals surface area contributed by atoms with Gasteiger partial charge in [-0.15, -0.1) is 0 Å². The van der Waals surface area contributed by atoms with Crippen LogP contribution in [0.15, 0.2) is 48.5 Å². The van der Waals surface area contributed by atoms with Crippen molar-refractivity contribution in [1.82, 2.24) is 4.90 Å². The number of benzene rings is 2. The molecule has 0 saturated carbocycles. The normalized spacial score (nSPS) is 18.0. The summed E-state index contributed by atoms with van der Waals surface area (Å²) in [6.07, 6.45) is -4.64. The largest absolute Gasteiger partial charge is 0.417 e. The van der Waals surface area contributed by atoms with Gasteiger partial charge in [0.25, 0.3) is 5.91 Å². The third-order valence-electron chi connectivity index (χ3n) is 4.65. The minimum absolute atomic E-state index is 0.224. The molecule has 1 aliphatic rings. The van der Waals surface area contributed by atoms with Gasteiger partial charge in [-0.1, -0.05) is 29.8 Å². The molecule has 0 spiro atoms. The Morgan fingerprint density at radius 2 is 1.70 bits per heavy atom. The minimum atomic E-state index is -4.64. The lowest BCUT2D eigenvalue weighted by atomic mass is 10.0. The predicted octanol–water partition coefficient (Wildman–Crippen LogP) is 3.89. The summed E-state index contributed by atoms with van der Waals surface area (Å²) in [4.78, 5) is 28.1. The second kappa shape index (κ2) is 7.06. The zero-order chi connectivity index (χ0) is 19.8. The topological polar surface area (TPSA) is 40.6 Å². The first-order valence-electron chi connectivity index (χ1n) is 8.52. The Bertz CT molecular complexity index is 862. The van der Waals surface area contributed by atoms with E-state index in [2.05, 4.69) is 0 Å². The van der Waals surface area contributed by atoms with Crippen LogP contribution in [0.5, 0.6) is 0 Å². The second-order valence-electron chi connectivity index (χ2n) is 6.67. The molecular formula is C20H19F3N2O2. The van der Waals surface area contributed by atoms with Crippen LogP contribution in [0.4, 0.5) is 18.9 Å². The first kappa shape index (κ1) is 18.9. The lowest BCUT2D eigenvalue weighted by molar-refractivity contribution is -0.138. The van der Waals surface area contributed by atoms with Crippen molar-refractivity contribution in [2.75, 3.05) is 18.0 Å². The van der Waals surface area contributed by atoms with Gasteiger partial charge in [0.15, 0.2) is 0 Å². The molecule has 0 aliphatic carbocycles. The van der Waals surface area contributed by atoms with Gasteiger partial charge in [0.2, 0.25) is 5.91 Å². The fourth-order valence-electron chi connectivity index (χ4n) is 3.17. The van der Waals surface area contributed by atoms with Crippen LogP contribution in [0.3, 0.4) is 0 Å². The zero-order valence-corrected chi connectivity index (χ0v) is 15.0. The summed E-state index contributed by atoms with van der Waals surface area (Å²) in [6, 6.07) is 11.6. The highest BCUT2D eigenvalue weighted by molar-refractivity contribution is 6.02. The molecule has 7 heteroatoms. The van der Waals surface area contributed by atoms with Crippen molar-refractivity contribution in [3.8, 4) is 0 Å². The maximum atomic E-state index is 13.2. The highest BCUT2D eigenvalue weighted by atomic mass is 19.4. The van der Waals surface area contributed by atoms with Crippen LogP contribution in [-0.4, -0.2) is 35.8 Å². The van der Waals surface area contributed by atoms with Gasteiger partial charge in [-0.05, 0) is 38.1 Å². The molecule has 0 radical (unpaired) electrons. The molecule has 1 saturated heterocycles. The number of nitrogens with zero attached hydrogens (tertiary/aromatic N) is 2. The van der Waals surface area contributed by atoms with Crippen LogP contribution in [0.1, 0.15) is 28.4 Å². The van der Waals surface area contributed by atoms with Gasteiger partial charge in [0.1, 0.15) is 6.54 Å².